The summed E-state index contributed by atoms with van der Waals surface area (Å²) < 4.78 is 5.91. The van der Waals surface area contributed by atoms with Crippen LogP contribution in [0.5, 0.6) is 0 Å². The molecular formula is C42H62N4O7. The van der Waals surface area contributed by atoms with Gasteiger partial charge in [0.25, 0.3) is 0 Å². The Morgan fingerprint density at radius 2 is 1.55 bits per heavy atom. The molecule has 4 saturated carbocycles. The maximum Gasteiger partial charge on any atom is 0.248 e. The molecule has 10 atom stereocenters. The summed E-state index contributed by atoms with van der Waals surface area (Å²) >= 11 is 0. The lowest BCUT2D eigenvalue weighted by Crippen LogP contribution is -2.58. The van der Waals surface area contributed by atoms with Crippen LogP contribution >= 0.6 is 0 Å². The molecule has 2 saturated heterocycles. The number of fused-ring (bicyclic) bond motifs is 5. The van der Waals surface area contributed by atoms with E-state index in [9.17, 15) is 29.4 Å². The summed E-state index contributed by atoms with van der Waals surface area (Å²) in [5.74, 6) is 3.64. The predicted molar refractivity (Wildman–Crippen MR) is 200 cm³/mol. The number of nitrogens with zero attached hydrogens (tertiary/aromatic N) is 4. The molecule has 53 heavy (non-hydrogen) atoms. The Bertz CT molecular complexity index is 1550. The molecule has 6 fully saturated rings. The van der Waals surface area contributed by atoms with E-state index in [0.29, 0.717) is 99.3 Å². The molecule has 2 aliphatic heterocycles. The van der Waals surface area contributed by atoms with Gasteiger partial charge in [0.2, 0.25) is 29.5 Å². The third-order valence-electron chi connectivity index (χ3n) is 15.4. The molecule has 4 aliphatic carbocycles. The van der Waals surface area contributed by atoms with Crippen molar-refractivity contribution >= 4 is 29.5 Å². The lowest BCUT2D eigenvalue weighted by atomic mass is 9.43. The molecule has 0 aromatic carbocycles. The fraction of sp³-hybridized carbons (Fsp3) is 0.762. The maximum absolute atomic E-state index is 13.4. The molecule has 1 aromatic heterocycles. The Kier molecular flexibility index (Phi) is 10.9. The van der Waals surface area contributed by atoms with Crippen LogP contribution in [0.15, 0.2) is 29.2 Å². The second-order valence-electron chi connectivity index (χ2n) is 18.0. The van der Waals surface area contributed by atoms with E-state index in [2.05, 4.69) is 27.4 Å². The van der Waals surface area contributed by atoms with Crippen LogP contribution in [-0.4, -0.2) is 107 Å². The predicted octanol–water partition coefficient (Wildman–Crippen LogP) is 4.65. The molecule has 11 heteroatoms. The molecule has 2 N–H and O–H groups in total. The van der Waals surface area contributed by atoms with E-state index in [1.54, 1.807) is 12.1 Å². The quantitative estimate of drug-likeness (QED) is 0.353. The summed E-state index contributed by atoms with van der Waals surface area (Å²) in [5.41, 5.74) is 0.430. The highest BCUT2D eigenvalue weighted by Crippen LogP contribution is 2.68. The van der Waals surface area contributed by atoms with E-state index in [0.717, 1.165) is 32.1 Å². The van der Waals surface area contributed by atoms with Crippen molar-refractivity contribution in [3.8, 4) is 0 Å². The van der Waals surface area contributed by atoms with Crippen LogP contribution in [0.2, 0.25) is 0 Å². The van der Waals surface area contributed by atoms with Crippen LogP contribution < -0.4 is 4.90 Å². The molecule has 4 amide bonds. The number of anilines is 1. The number of furan rings is 1. The molecule has 0 radical (unpaired) electrons. The molecule has 1 unspecified atom stereocenters. The van der Waals surface area contributed by atoms with Gasteiger partial charge in [0.05, 0.1) is 12.2 Å². The van der Waals surface area contributed by atoms with Gasteiger partial charge in [0.1, 0.15) is 12.3 Å². The highest BCUT2D eigenvalue weighted by molar-refractivity contribution is 5.98. The van der Waals surface area contributed by atoms with Crippen molar-refractivity contribution in [1.29, 1.82) is 0 Å². The van der Waals surface area contributed by atoms with Crippen molar-refractivity contribution < 1.29 is 33.8 Å². The van der Waals surface area contributed by atoms with Crippen molar-refractivity contribution in [2.75, 3.05) is 50.7 Å². The number of hydrogen-bond donors (Lipinski definition) is 2. The standard InChI is InChI=1S/C42H62N4O7/c1-5-35(49)45-22-23-46(38(52)26-45)39-13-8-30(53-39)7-12-37(51)44-20-18-43(19-21-44)36(50)11-6-27(2)31-9-10-32-40-33(15-17-42(31,32)4)41(3)16-14-29(47)24-28(41)25-34(40)48/h5,8,13,27-29,31-34,40,47-48H,1,6-7,9-12,14-26H2,2-4H3/t27-,28?,29-,31-,32+,33+,34-,40+,41+,42-/m1/s1. The van der Waals surface area contributed by atoms with Gasteiger partial charge in [-0.3, -0.25) is 24.1 Å². The normalized spacial score (nSPS) is 36.4. The van der Waals surface area contributed by atoms with Gasteiger partial charge in [-0.1, -0.05) is 27.4 Å². The Balaban J connectivity index is 0.845. The number of amides is 4. The van der Waals surface area contributed by atoms with Crippen LogP contribution in [-0.2, 0) is 25.6 Å². The van der Waals surface area contributed by atoms with Gasteiger partial charge in [0, 0.05) is 64.6 Å². The van der Waals surface area contributed by atoms with Gasteiger partial charge in [-0.2, -0.15) is 0 Å². The zero-order valence-electron chi connectivity index (χ0n) is 32.2. The number of carbonyl (C=O) groups excluding carboxylic acids is 4. The van der Waals surface area contributed by atoms with E-state index in [1.807, 2.05) is 9.80 Å². The molecule has 11 nitrogen and oxygen atoms in total. The third-order valence-corrected chi connectivity index (χ3v) is 15.4. The summed E-state index contributed by atoms with van der Waals surface area (Å²) in [5, 5.41) is 22.0. The highest BCUT2D eigenvalue weighted by Gasteiger charge is 2.62. The number of aryl methyl sites for hydroxylation is 1. The van der Waals surface area contributed by atoms with Gasteiger partial charge in [0.15, 0.2) is 0 Å². The number of rotatable bonds is 9. The van der Waals surface area contributed by atoms with Crippen LogP contribution in [0.4, 0.5) is 5.88 Å². The van der Waals surface area contributed by atoms with Crippen LogP contribution in [0.25, 0.3) is 0 Å². The van der Waals surface area contributed by atoms with E-state index in [4.69, 9.17) is 4.42 Å². The first-order valence-electron chi connectivity index (χ1n) is 20.5. The molecule has 0 bridgehead atoms. The zero-order chi connectivity index (χ0) is 37.7. The summed E-state index contributed by atoms with van der Waals surface area (Å²) in [6.07, 6.45) is 11.2. The van der Waals surface area contributed by atoms with E-state index >= 15 is 0 Å². The second-order valence-corrected chi connectivity index (χ2v) is 18.0. The SMILES string of the molecule is C=CC(=O)N1CCN(c2ccc(CCC(=O)N3CCN(C(=O)CC[C@@H](C)[C@H]4CC[C@H]5[C@@H]6[C@H](O)CC7C[C@H](O)CC[C@]7(C)[C@H]6CC[C@]45C)CC3)o2)C(=O)C1. The van der Waals surface area contributed by atoms with E-state index in [1.165, 1.54) is 41.6 Å². The topological polar surface area (TPSA) is 135 Å². The van der Waals surface area contributed by atoms with Crippen molar-refractivity contribution in [3.63, 3.8) is 0 Å². The fourth-order valence-corrected chi connectivity index (χ4v) is 12.3. The number of aliphatic hydroxyl groups is 2. The fourth-order valence-electron chi connectivity index (χ4n) is 12.3. The summed E-state index contributed by atoms with van der Waals surface area (Å²) in [4.78, 5) is 57.8. The van der Waals surface area contributed by atoms with Gasteiger partial charge in [-0.05, 0) is 116 Å². The minimum atomic E-state index is -0.270. The first kappa shape index (κ1) is 38.1. The number of piperazine rings is 2. The van der Waals surface area contributed by atoms with Crippen LogP contribution in [0.1, 0.15) is 97.2 Å². The summed E-state index contributed by atoms with van der Waals surface area (Å²) in [6, 6.07) is 3.53. The van der Waals surface area contributed by atoms with Crippen LogP contribution in [0.3, 0.4) is 0 Å². The number of aliphatic hydroxyl groups excluding tert-OH is 2. The first-order chi connectivity index (χ1) is 25.3. The van der Waals surface area contributed by atoms with Crippen molar-refractivity contribution in [1.82, 2.24) is 14.7 Å². The molecule has 292 valence electrons. The average molecular weight is 735 g/mol. The Labute approximate surface area is 315 Å². The average Bonchev–Trinajstić information content (AvgIpc) is 3.77. The smallest absolute Gasteiger partial charge is 0.248 e. The summed E-state index contributed by atoms with van der Waals surface area (Å²) in [7, 11) is 0. The molecule has 6 aliphatic rings. The van der Waals surface area contributed by atoms with Crippen LogP contribution in [0, 0.1) is 46.3 Å². The molecule has 7 rings (SSSR count). The molecule has 1 aromatic rings. The minimum absolute atomic E-state index is 0.0202. The van der Waals surface area contributed by atoms with Gasteiger partial charge >= 0.3 is 0 Å². The highest BCUT2D eigenvalue weighted by atomic mass is 16.4. The largest absolute Gasteiger partial charge is 0.445 e. The molecule has 0 spiro atoms. The number of carbonyl (C=O) groups is 4. The van der Waals surface area contributed by atoms with E-state index in [-0.39, 0.29) is 59.6 Å². The zero-order valence-corrected chi connectivity index (χ0v) is 32.2. The number of hydrogen-bond acceptors (Lipinski definition) is 7. The van der Waals surface area contributed by atoms with Crippen molar-refractivity contribution in [2.24, 2.45) is 46.3 Å². The van der Waals surface area contributed by atoms with Crippen molar-refractivity contribution in [2.45, 2.75) is 110 Å². The summed E-state index contributed by atoms with van der Waals surface area (Å²) in [6.45, 7) is 13.7. The van der Waals surface area contributed by atoms with Crippen molar-refractivity contribution in [3.05, 3.63) is 30.5 Å². The Morgan fingerprint density at radius 3 is 2.25 bits per heavy atom. The first-order valence-corrected chi connectivity index (χ1v) is 20.5. The lowest BCUT2D eigenvalue weighted by molar-refractivity contribution is -0.174. The molecule has 3 heterocycles. The maximum atomic E-state index is 13.4. The Hall–Kier alpha value is -3.18. The lowest BCUT2D eigenvalue weighted by Gasteiger charge is -2.62. The molecular weight excluding hydrogens is 672 g/mol. The van der Waals surface area contributed by atoms with E-state index < -0.39 is 0 Å². The Morgan fingerprint density at radius 1 is 0.887 bits per heavy atom. The van der Waals surface area contributed by atoms with Gasteiger partial charge < -0.3 is 29.3 Å². The van der Waals surface area contributed by atoms with Gasteiger partial charge in [-0.15, -0.1) is 0 Å². The monoisotopic (exact) mass is 734 g/mol. The van der Waals surface area contributed by atoms with Gasteiger partial charge in [-0.25, -0.2) is 0 Å². The third kappa shape index (κ3) is 7.21. The second kappa shape index (κ2) is 15.2. The minimum Gasteiger partial charge on any atom is -0.445 e.